The maximum absolute atomic E-state index is 5.59. The maximum Gasteiger partial charge on any atom is 0.119 e. The molecule has 1 aromatic carbocycles. The zero-order valence-corrected chi connectivity index (χ0v) is 12.1. The van der Waals surface area contributed by atoms with E-state index in [-0.39, 0.29) is 11.6 Å². The highest BCUT2D eigenvalue weighted by Gasteiger charge is 2.28. The van der Waals surface area contributed by atoms with Crippen molar-refractivity contribution in [2.75, 3.05) is 20.8 Å². The second-order valence-electron chi connectivity index (χ2n) is 4.97. The van der Waals surface area contributed by atoms with Gasteiger partial charge in [-0.3, -0.25) is 0 Å². The van der Waals surface area contributed by atoms with Crippen molar-refractivity contribution in [3.05, 3.63) is 29.8 Å². The van der Waals surface area contributed by atoms with Crippen molar-refractivity contribution in [3.8, 4) is 5.75 Å². The molecule has 1 atom stereocenters. The van der Waals surface area contributed by atoms with Crippen LogP contribution < -0.4 is 10.1 Å². The third kappa shape index (κ3) is 4.00. The van der Waals surface area contributed by atoms with Gasteiger partial charge in [0.15, 0.2) is 0 Å². The lowest BCUT2D eigenvalue weighted by Crippen LogP contribution is -2.49. The predicted molar refractivity (Wildman–Crippen MR) is 75.3 cm³/mol. The average Bonchev–Trinajstić information content (AvgIpc) is 2.38. The molecule has 0 saturated carbocycles. The fourth-order valence-corrected chi connectivity index (χ4v) is 1.99. The Morgan fingerprint density at radius 1 is 1.28 bits per heavy atom. The molecule has 0 aliphatic rings. The van der Waals surface area contributed by atoms with Gasteiger partial charge in [-0.25, -0.2) is 0 Å². The largest absolute Gasteiger partial charge is 0.497 e. The van der Waals surface area contributed by atoms with Crippen molar-refractivity contribution in [1.29, 1.82) is 0 Å². The van der Waals surface area contributed by atoms with Crippen LogP contribution in [-0.2, 0) is 11.2 Å². The molecule has 0 radical (unpaired) electrons. The van der Waals surface area contributed by atoms with E-state index in [0.29, 0.717) is 0 Å². The van der Waals surface area contributed by atoms with Gasteiger partial charge in [-0.15, -0.1) is 0 Å². The molecule has 0 spiro atoms. The van der Waals surface area contributed by atoms with E-state index < -0.39 is 0 Å². The van der Waals surface area contributed by atoms with E-state index in [9.17, 15) is 0 Å². The predicted octanol–water partition coefficient (Wildman–Crippen LogP) is 2.64. The number of benzene rings is 1. The SMILES string of the molecule is CCNC(Cc1cccc(OC)c1)C(C)(C)OC. The summed E-state index contributed by atoms with van der Waals surface area (Å²) in [6.07, 6.45) is 0.922. The highest BCUT2D eigenvalue weighted by molar-refractivity contribution is 5.29. The highest BCUT2D eigenvalue weighted by Crippen LogP contribution is 2.20. The molecule has 102 valence electrons. The molecule has 1 N–H and O–H groups in total. The summed E-state index contributed by atoms with van der Waals surface area (Å²) in [5.74, 6) is 0.901. The summed E-state index contributed by atoms with van der Waals surface area (Å²) in [7, 11) is 3.45. The first-order valence-corrected chi connectivity index (χ1v) is 6.45. The van der Waals surface area contributed by atoms with Crippen LogP contribution in [0.2, 0.25) is 0 Å². The minimum atomic E-state index is -0.195. The molecule has 1 rings (SSSR count). The lowest BCUT2D eigenvalue weighted by Gasteiger charge is -2.34. The molecule has 0 bridgehead atoms. The van der Waals surface area contributed by atoms with E-state index in [1.54, 1.807) is 14.2 Å². The van der Waals surface area contributed by atoms with E-state index in [4.69, 9.17) is 9.47 Å². The second-order valence-corrected chi connectivity index (χ2v) is 4.97. The zero-order chi connectivity index (χ0) is 13.6. The molecule has 1 unspecified atom stereocenters. The Labute approximate surface area is 110 Å². The maximum atomic E-state index is 5.59. The van der Waals surface area contributed by atoms with Crippen LogP contribution in [0.15, 0.2) is 24.3 Å². The second kappa shape index (κ2) is 6.76. The van der Waals surface area contributed by atoms with Gasteiger partial charge in [0.05, 0.1) is 12.7 Å². The first kappa shape index (κ1) is 15.0. The molecule has 0 heterocycles. The van der Waals surface area contributed by atoms with Crippen LogP contribution in [0.1, 0.15) is 26.3 Å². The van der Waals surface area contributed by atoms with Crippen LogP contribution >= 0.6 is 0 Å². The van der Waals surface area contributed by atoms with Crippen LogP contribution in [0.25, 0.3) is 0 Å². The minimum Gasteiger partial charge on any atom is -0.497 e. The monoisotopic (exact) mass is 251 g/mol. The molecule has 0 aromatic heterocycles. The number of nitrogens with one attached hydrogen (secondary N) is 1. The number of hydrogen-bond donors (Lipinski definition) is 1. The van der Waals surface area contributed by atoms with Gasteiger partial charge in [-0.05, 0) is 44.5 Å². The molecule has 18 heavy (non-hydrogen) atoms. The molecule has 0 aliphatic carbocycles. The molecule has 1 aromatic rings. The summed E-state index contributed by atoms with van der Waals surface area (Å²) in [5, 5.41) is 3.49. The molecule has 3 heteroatoms. The Balaban J connectivity index is 2.82. The smallest absolute Gasteiger partial charge is 0.119 e. The van der Waals surface area contributed by atoms with Gasteiger partial charge in [0.2, 0.25) is 0 Å². The van der Waals surface area contributed by atoms with Gasteiger partial charge >= 0.3 is 0 Å². The summed E-state index contributed by atoms with van der Waals surface area (Å²) < 4.78 is 10.8. The van der Waals surface area contributed by atoms with Crippen LogP contribution in [0.3, 0.4) is 0 Å². The summed E-state index contributed by atoms with van der Waals surface area (Å²) in [6.45, 7) is 7.27. The molecule has 0 amide bonds. The van der Waals surface area contributed by atoms with Crippen molar-refractivity contribution in [1.82, 2.24) is 5.32 Å². The number of ether oxygens (including phenoxy) is 2. The fourth-order valence-electron chi connectivity index (χ4n) is 1.99. The van der Waals surface area contributed by atoms with E-state index in [1.807, 2.05) is 12.1 Å². The molecule has 0 saturated heterocycles. The highest BCUT2D eigenvalue weighted by atomic mass is 16.5. The molecule has 0 aliphatic heterocycles. The van der Waals surface area contributed by atoms with Crippen LogP contribution in [0.4, 0.5) is 0 Å². The third-order valence-electron chi connectivity index (χ3n) is 3.39. The van der Waals surface area contributed by atoms with Crippen LogP contribution in [-0.4, -0.2) is 32.4 Å². The van der Waals surface area contributed by atoms with E-state index in [0.717, 1.165) is 18.7 Å². The van der Waals surface area contributed by atoms with Crippen molar-refractivity contribution < 1.29 is 9.47 Å². The van der Waals surface area contributed by atoms with E-state index >= 15 is 0 Å². The van der Waals surface area contributed by atoms with Crippen molar-refractivity contribution in [2.24, 2.45) is 0 Å². The van der Waals surface area contributed by atoms with E-state index in [1.165, 1.54) is 5.56 Å². The van der Waals surface area contributed by atoms with Crippen molar-refractivity contribution in [3.63, 3.8) is 0 Å². The number of likely N-dealkylation sites (N-methyl/N-ethyl adjacent to an activating group) is 1. The Bertz CT molecular complexity index is 363. The zero-order valence-electron chi connectivity index (χ0n) is 12.1. The summed E-state index contributed by atoms with van der Waals surface area (Å²) >= 11 is 0. The van der Waals surface area contributed by atoms with Gasteiger partial charge in [0.25, 0.3) is 0 Å². The van der Waals surface area contributed by atoms with Crippen molar-refractivity contribution >= 4 is 0 Å². The normalized spacial score (nSPS) is 13.4. The van der Waals surface area contributed by atoms with Crippen molar-refractivity contribution in [2.45, 2.75) is 38.8 Å². The topological polar surface area (TPSA) is 30.5 Å². The molecular weight excluding hydrogens is 226 g/mol. The molecule has 3 nitrogen and oxygen atoms in total. The standard InChI is InChI=1S/C15H25NO2/c1-6-16-14(15(2,3)18-5)11-12-8-7-9-13(10-12)17-4/h7-10,14,16H,6,11H2,1-5H3. The number of rotatable bonds is 7. The first-order chi connectivity index (χ1) is 8.53. The number of hydrogen-bond acceptors (Lipinski definition) is 3. The van der Waals surface area contributed by atoms with Gasteiger partial charge in [0, 0.05) is 13.2 Å². The Kier molecular flexibility index (Phi) is 5.63. The Morgan fingerprint density at radius 2 is 2.00 bits per heavy atom. The number of methoxy groups -OCH3 is 2. The van der Waals surface area contributed by atoms with Gasteiger partial charge < -0.3 is 14.8 Å². The van der Waals surface area contributed by atoms with Gasteiger partial charge in [-0.1, -0.05) is 19.1 Å². The van der Waals surface area contributed by atoms with Gasteiger partial charge in [0.1, 0.15) is 5.75 Å². The minimum absolute atomic E-state index is 0.195. The summed E-state index contributed by atoms with van der Waals surface area (Å²) in [4.78, 5) is 0. The van der Waals surface area contributed by atoms with E-state index in [2.05, 4.69) is 38.2 Å². The van der Waals surface area contributed by atoms with Gasteiger partial charge in [-0.2, -0.15) is 0 Å². The fraction of sp³-hybridized carbons (Fsp3) is 0.600. The lowest BCUT2D eigenvalue weighted by atomic mass is 9.92. The molecular formula is C15H25NO2. The quantitative estimate of drug-likeness (QED) is 0.808. The summed E-state index contributed by atoms with van der Waals surface area (Å²) in [5.41, 5.74) is 1.06. The Morgan fingerprint density at radius 3 is 2.56 bits per heavy atom. The van der Waals surface area contributed by atoms with Crippen LogP contribution in [0.5, 0.6) is 5.75 Å². The molecule has 0 fully saturated rings. The first-order valence-electron chi connectivity index (χ1n) is 6.45. The third-order valence-corrected chi connectivity index (χ3v) is 3.39. The lowest BCUT2D eigenvalue weighted by molar-refractivity contribution is -0.00961. The van der Waals surface area contributed by atoms with Crippen LogP contribution in [0, 0.1) is 0 Å². The summed E-state index contributed by atoms with van der Waals surface area (Å²) in [6, 6.07) is 8.47. The average molecular weight is 251 g/mol. The Hall–Kier alpha value is -1.06.